The lowest BCUT2D eigenvalue weighted by Gasteiger charge is -2.11. The van der Waals surface area contributed by atoms with Gasteiger partial charge in [-0.3, -0.25) is 0 Å². The highest BCUT2D eigenvalue weighted by Gasteiger charge is 2.09. The monoisotopic (exact) mass is 171 g/mol. The van der Waals surface area contributed by atoms with Gasteiger partial charge in [-0.1, -0.05) is 39.5 Å². The van der Waals surface area contributed by atoms with Crippen LogP contribution in [0.15, 0.2) is 0 Å². The first-order valence-corrected chi connectivity index (χ1v) is 5.58. The van der Waals surface area contributed by atoms with E-state index >= 15 is 0 Å². The highest BCUT2D eigenvalue weighted by Crippen LogP contribution is 2.21. The second-order valence-corrected chi connectivity index (χ2v) is 3.42. The van der Waals surface area contributed by atoms with Crippen molar-refractivity contribution in [2.45, 2.75) is 52.4 Å². The lowest BCUT2D eigenvalue weighted by molar-refractivity contribution is 0.441. The first kappa shape index (κ1) is 12.0. The van der Waals surface area contributed by atoms with Crippen LogP contribution in [0.5, 0.6) is 0 Å². The molecule has 0 atom stereocenters. The van der Waals surface area contributed by atoms with Gasteiger partial charge in [-0.2, -0.15) is 0 Å². The van der Waals surface area contributed by atoms with Gasteiger partial charge in [-0.05, 0) is 32.4 Å². The largest absolute Gasteiger partial charge is 0.319 e. The summed E-state index contributed by atoms with van der Waals surface area (Å²) in [5, 5.41) is 3.27. The standard InChI is InChI=1S/C9H19N.C2H6/c1-10-8-9-6-4-2-3-5-7-9;1-2/h9-10H,2-8H2,1H3;1-2H3. The molecule has 0 radical (unpaired) electrons. The van der Waals surface area contributed by atoms with E-state index in [2.05, 4.69) is 12.4 Å². The SMILES string of the molecule is CC.CNCC1CCCCCC1. The zero-order valence-electron chi connectivity index (χ0n) is 9.03. The van der Waals surface area contributed by atoms with E-state index in [0.717, 1.165) is 5.92 Å². The third kappa shape index (κ3) is 5.59. The predicted octanol–water partition coefficient (Wildman–Crippen LogP) is 3.20. The van der Waals surface area contributed by atoms with Crippen molar-refractivity contribution in [2.75, 3.05) is 13.6 Å². The molecule has 1 aliphatic carbocycles. The van der Waals surface area contributed by atoms with Crippen LogP contribution >= 0.6 is 0 Å². The summed E-state index contributed by atoms with van der Waals surface area (Å²) in [6, 6.07) is 0. The van der Waals surface area contributed by atoms with Crippen molar-refractivity contribution in [1.29, 1.82) is 0 Å². The van der Waals surface area contributed by atoms with Gasteiger partial charge in [0.1, 0.15) is 0 Å². The number of hydrogen-bond donors (Lipinski definition) is 1. The Bertz CT molecular complexity index is 73.1. The van der Waals surface area contributed by atoms with Crippen LogP contribution in [-0.2, 0) is 0 Å². The summed E-state index contributed by atoms with van der Waals surface area (Å²) in [7, 11) is 2.06. The van der Waals surface area contributed by atoms with E-state index in [-0.39, 0.29) is 0 Å². The molecule has 1 rings (SSSR count). The Hall–Kier alpha value is -0.0400. The van der Waals surface area contributed by atoms with Gasteiger partial charge >= 0.3 is 0 Å². The zero-order chi connectivity index (χ0) is 9.23. The van der Waals surface area contributed by atoms with Crippen molar-refractivity contribution < 1.29 is 0 Å². The third-order valence-electron chi connectivity index (χ3n) is 2.47. The van der Waals surface area contributed by atoms with Gasteiger partial charge in [0, 0.05) is 0 Å². The van der Waals surface area contributed by atoms with Crippen LogP contribution in [0.2, 0.25) is 0 Å². The van der Waals surface area contributed by atoms with Gasteiger partial charge in [0.05, 0.1) is 0 Å². The minimum Gasteiger partial charge on any atom is -0.319 e. The number of hydrogen-bond acceptors (Lipinski definition) is 1. The molecule has 0 heterocycles. The Morgan fingerprint density at radius 3 is 1.92 bits per heavy atom. The fraction of sp³-hybridized carbons (Fsp3) is 1.00. The van der Waals surface area contributed by atoms with Crippen LogP contribution in [0.25, 0.3) is 0 Å². The summed E-state index contributed by atoms with van der Waals surface area (Å²) in [4.78, 5) is 0. The molecular weight excluding hydrogens is 146 g/mol. The quantitative estimate of drug-likeness (QED) is 0.629. The van der Waals surface area contributed by atoms with Crippen molar-refractivity contribution >= 4 is 0 Å². The van der Waals surface area contributed by atoms with E-state index in [1.165, 1.54) is 45.1 Å². The highest BCUT2D eigenvalue weighted by atomic mass is 14.8. The average Bonchev–Trinajstić information content (AvgIpc) is 2.37. The summed E-state index contributed by atoms with van der Waals surface area (Å²) in [6.07, 6.45) is 8.79. The van der Waals surface area contributed by atoms with E-state index < -0.39 is 0 Å². The summed E-state index contributed by atoms with van der Waals surface area (Å²) in [6.45, 7) is 5.24. The van der Waals surface area contributed by atoms with Crippen LogP contribution in [0.1, 0.15) is 52.4 Å². The van der Waals surface area contributed by atoms with Gasteiger partial charge in [0.25, 0.3) is 0 Å². The Kier molecular flexibility index (Phi) is 9.02. The van der Waals surface area contributed by atoms with Crippen LogP contribution in [0.3, 0.4) is 0 Å². The fourth-order valence-corrected chi connectivity index (χ4v) is 1.86. The lowest BCUT2D eigenvalue weighted by atomic mass is 10.0. The van der Waals surface area contributed by atoms with Gasteiger partial charge < -0.3 is 5.32 Å². The van der Waals surface area contributed by atoms with Crippen LogP contribution in [0, 0.1) is 5.92 Å². The molecule has 1 N–H and O–H groups in total. The minimum absolute atomic E-state index is 0.979. The average molecular weight is 171 g/mol. The molecule has 12 heavy (non-hydrogen) atoms. The summed E-state index contributed by atoms with van der Waals surface area (Å²) < 4.78 is 0. The maximum Gasteiger partial charge on any atom is -0.00235 e. The highest BCUT2D eigenvalue weighted by molar-refractivity contribution is 4.65. The molecule has 74 valence electrons. The smallest absolute Gasteiger partial charge is 0.00235 e. The van der Waals surface area contributed by atoms with Crippen molar-refractivity contribution in [3.63, 3.8) is 0 Å². The van der Waals surface area contributed by atoms with E-state index in [9.17, 15) is 0 Å². The molecule has 0 aromatic heterocycles. The number of nitrogens with one attached hydrogen (secondary N) is 1. The zero-order valence-corrected chi connectivity index (χ0v) is 9.03. The molecule has 0 saturated heterocycles. The van der Waals surface area contributed by atoms with Gasteiger partial charge in [0.15, 0.2) is 0 Å². The molecular formula is C11H25N. The van der Waals surface area contributed by atoms with Crippen LogP contribution in [-0.4, -0.2) is 13.6 Å². The molecule has 1 fully saturated rings. The van der Waals surface area contributed by atoms with E-state index in [1.54, 1.807) is 0 Å². The third-order valence-corrected chi connectivity index (χ3v) is 2.47. The Labute approximate surface area is 77.9 Å². The van der Waals surface area contributed by atoms with Crippen molar-refractivity contribution in [3.05, 3.63) is 0 Å². The summed E-state index contributed by atoms with van der Waals surface area (Å²) in [5.41, 5.74) is 0. The van der Waals surface area contributed by atoms with E-state index in [4.69, 9.17) is 0 Å². The molecule has 0 unspecified atom stereocenters. The van der Waals surface area contributed by atoms with Crippen LogP contribution in [0.4, 0.5) is 0 Å². The van der Waals surface area contributed by atoms with E-state index in [1.807, 2.05) is 13.8 Å². The van der Waals surface area contributed by atoms with Gasteiger partial charge in [0.2, 0.25) is 0 Å². The molecule has 1 heteroatoms. The Balaban J connectivity index is 0.000000561. The maximum absolute atomic E-state index is 3.27. The number of rotatable bonds is 2. The first-order valence-electron chi connectivity index (χ1n) is 5.58. The van der Waals surface area contributed by atoms with Gasteiger partial charge in [-0.25, -0.2) is 0 Å². The van der Waals surface area contributed by atoms with E-state index in [0.29, 0.717) is 0 Å². The minimum atomic E-state index is 0.979. The summed E-state index contributed by atoms with van der Waals surface area (Å²) >= 11 is 0. The molecule has 1 aliphatic rings. The van der Waals surface area contributed by atoms with Gasteiger partial charge in [-0.15, -0.1) is 0 Å². The Morgan fingerprint density at radius 2 is 1.50 bits per heavy atom. The normalized spacial score (nSPS) is 19.2. The lowest BCUT2D eigenvalue weighted by Crippen LogP contribution is -2.17. The summed E-state index contributed by atoms with van der Waals surface area (Å²) in [5.74, 6) is 0.979. The molecule has 0 bridgehead atoms. The van der Waals surface area contributed by atoms with Crippen molar-refractivity contribution in [2.24, 2.45) is 5.92 Å². The second-order valence-electron chi connectivity index (χ2n) is 3.42. The van der Waals surface area contributed by atoms with Crippen molar-refractivity contribution in [3.8, 4) is 0 Å². The topological polar surface area (TPSA) is 12.0 Å². The molecule has 1 nitrogen and oxygen atoms in total. The second kappa shape index (κ2) is 9.05. The molecule has 0 aliphatic heterocycles. The fourth-order valence-electron chi connectivity index (χ4n) is 1.86. The molecule has 0 amide bonds. The maximum atomic E-state index is 3.27. The van der Waals surface area contributed by atoms with Crippen LogP contribution < -0.4 is 5.32 Å². The molecule has 0 aromatic rings. The molecule has 0 aromatic carbocycles. The predicted molar refractivity (Wildman–Crippen MR) is 56.5 cm³/mol. The molecule has 0 spiro atoms. The molecule has 1 saturated carbocycles. The van der Waals surface area contributed by atoms with Crippen molar-refractivity contribution in [1.82, 2.24) is 5.32 Å². The Morgan fingerprint density at radius 1 is 1.00 bits per heavy atom. The first-order chi connectivity index (χ1) is 5.93.